The highest BCUT2D eigenvalue weighted by Gasteiger charge is 2.16. The molecule has 0 heterocycles. The molecule has 0 aromatic heterocycles. The van der Waals surface area contributed by atoms with Crippen LogP contribution in [0.4, 0.5) is 4.39 Å². The van der Waals surface area contributed by atoms with Gasteiger partial charge in [0.15, 0.2) is 0 Å². The highest BCUT2D eigenvalue weighted by atomic mass is 32.2. The molecule has 0 aliphatic rings. The molecule has 0 radical (unpaired) electrons. The summed E-state index contributed by atoms with van der Waals surface area (Å²) in [6.07, 6.45) is 1.52. The van der Waals surface area contributed by atoms with Crippen LogP contribution in [0.25, 0.3) is 0 Å². The minimum atomic E-state index is -3.76. The van der Waals surface area contributed by atoms with Crippen LogP contribution in [0.15, 0.2) is 35.9 Å². The van der Waals surface area contributed by atoms with E-state index >= 15 is 0 Å². The summed E-state index contributed by atoms with van der Waals surface area (Å²) in [4.78, 5) is 11.4. The van der Waals surface area contributed by atoms with E-state index in [2.05, 4.69) is 0 Å². The Morgan fingerprint density at radius 1 is 1.33 bits per heavy atom. The zero-order chi connectivity index (χ0) is 13.8. The van der Waals surface area contributed by atoms with Gasteiger partial charge in [0, 0.05) is 5.57 Å². The SMILES string of the molecule is C/C=C(\C)C(=O)NS(=O)(=O)Cc1ccc(F)cc1. The van der Waals surface area contributed by atoms with Crippen LogP contribution >= 0.6 is 0 Å². The minimum absolute atomic E-state index is 0.317. The van der Waals surface area contributed by atoms with Crippen molar-refractivity contribution in [3.8, 4) is 0 Å². The largest absolute Gasteiger partial charge is 0.269 e. The lowest BCUT2D eigenvalue weighted by Gasteiger charge is -2.07. The van der Waals surface area contributed by atoms with Crippen LogP contribution in [-0.4, -0.2) is 14.3 Å². The molecule has 0 aliphatic heterocycles. The molecule has 1 aromatic rings. The number of hydrogen-bond acceptors (Lipinski definition) is 3. The molecule has 6 heteroatoms. The number of rotatable bonds is 4. The highest BCUT2D eigenvalue weighted by molar-refractivity contribution is 7.89. The van der Waals surface area contributed by atoms with Crippen molar-refractivity contribution >= 4 is 15.9 Å². The van der Waals surface area contributed by atoms with Gasteiger partial charge in [0.25, 0.3) is 5.91 Å². The Hall–Kier alpha value is -1.69. The Morgan fingerprint density at radius 3 is 2.39 bits per heavy atom. The molecule has 0 bridgehead atoms. The monoisotopic (exact) mass is 271 g/mol. The van der Waals surface area contributed by atoms with Crippen molar-refractivity contribution in [3.05, 3.63) is 47.3 Å². The number of carbonyl (C=O) groups excluding carboxylic acids is 1. The molecule has 0 saturated heterocycles. The molecule has 98 valence electrons. The van der Waals surface area contributed by atoms with E-state index in [0.717, 1.165) is 0 Å². The Kier molecular flexibility index (Phi) is 4.61. The maximum atomic E-state index is 12.7. The molecule has 0 atom stereocenters. The fourth-order valence-electron chi connectivity index (χ4n) is 1.19. The lowest BCUT2D eigenvalue weighted by molar-refractivity contribution is -0.115. The van der Waals surface area contributed by atoms with Crippen LogP contribution in [0, 0.1) is 5.82 Å². The third-order valence-corrected chi connectivity index (χ3v) is 3.52. The summed E-state index contributed by atoms with van der Waals surface area (Å²) in [7, 11) is -3.76. The molecule has 18 heavy (non-hydrogen) atoms. The third-order valence-electron chi connectivity index (χ3n) is 2.31. The van der Waals surface area contributed by atoms with Crippen LogP contribution < -0.4 is 4.72 Å². The number of carbonyl (C=O) groups is 1. The quantitative estimate of drug-likeness (QED) is 0.848. The first-order valence-corrected chi connectivity index (χ1v) is 6.91. The Bertz CT molecular complexity index is 561. The Morgan fingerprint density at radius 2 is 1.89 bits per heavy atom. The van der Waals surface area contributed by atoms with Gasteiger partial charge >= 0.3 is 0 Å². The average molecular weight is 271 g/mol. The molecule has 0 aliphatic carbocycles. The standard InChI is InChI=1S/C12H14FNO3S/c1-3-9(2)12(15)14-18(16,17)8-10-4-6-11(13)7-5-10/h3-7H,8H2,1-2H3,(H,14,15)/b9-3+. The van der Waals surface area contributed by atoms with Crippen LogP contribution in [-0.2, 0) is 20.6 Å². The molecular formula is C12H14FNO3S. The van der Waals surface area contributed by atoms with E-state index in [9.17, 15) is 17.6 Å². The number of benzene rings is 1. The van der Waals surface area contributed by atoms with Crippen LogP contribution in [0.3, 0.4) is 0 Å². The van der Waals surface area contributed by atoms with Gasteiger partial charge in [-0.05, 0) is 31.5 Å². The van der Waals surface area contributed by atoms with E-state index in [-0.39, 0.29) is 5.75 Å². The van der Waals surface area contributed by atoms with Gasteiger partial charge in [-0.15, -0.1) is 0 Å². The zero-order valence-electron chi connectivity index (χ0n) is 10.1. The maximum absolute atomic E-state index is 12.7. The first-order chi connectivity index (χ1) is 8.34. The first kappa shape index (κ1) is 14.4. The molecule has 1 N–H and O–H groups in total. The Labute approximate surface area is 106 Å². The molecule has 1 rings (SSSR count). The van der Waals surface area contributed by atoms with Crippen LogP contribution in [0.5, 0.6) is 0 Å². The van der Waals surface area contributed by atoms with Gasteiger partial charge < -0.3 is 0 Å². The lowest BCUT2D eigenvalue weighted by atomic mass is 10.2. The third kappa shape index (κ3) is 4.29. The van der Waals surface area contributed by atoms with Crippen molar-refractivity contribution in [1.82, 2.24) is 4.72 Å². The summed E-state index contributed by atoms with van der Waals surface area (Å²) >= 11 is 0. The minimum Gasteiger partial charge on any atom is -0.269 e. The summed E-state index contributed by atoms with van der Waals surface area (Å²) in [5, 5.41) is 0. The normalized spacial score (nSPS) is 12.3. The van der Waals surface area contributed by atoms with Gasteiger partial charge in [-0.25, -0.2) is 17.5 Å². The van der Waals surface area contributed by atoms with E-state index in [0.29, 0.717) is 11.1 Å². The van der Waals surface area contributed by atoms with Crippen molar-refractivity contribution in [3.63, 3.8) is 0 Å². The predicted octanol–water partition coefficient (Wildman–Crippen LogP) is 1.74. The summed E-state index contributed by atoms with van der Waals surface area (Å²) in [5.74, 6) is -1.46. The van der Waals surface area contributed by atoms with E-state index in [1.54, 1.807) is 6.92 Å². The van der Waals surface area contributed by atoms with Gasteiger partial charge in [-0.2, -0.15) is 0 Å². The van der Waals surface area contributed by atoms with E-state index in [1.807, 2.05) is 4.72 Å². The maximum Gasteiger partial charge on any atom is 0.260 e. The number of allylic oxidation sites excluding steroid dienone is 1. The smallest absolute Gasteiger partial charge is 0.260 e. The molecule has 1 aromatic carbocycles. The molecular weight excluding hydrogens is 257 g/mol. The van der Waals surface area contributed by atoms with Crippen molar-refractivity contribution in [1.29, 1.82) is 0 Å². The van der Waals surface area contributed by atoms with E-state index in [4.69, 9.17) is 0 Å². The molecule has 0 saturated carbocycles. The van der Waals surface area contributed by atoms with Crippen molar-refractivity contribution < 1.29 is 17.6 Å². The van der Waals surface area contributed by atoms with Gasteiger partial charge in [0.2, 0.25) is 10.0 Å². The second kappa shape index (κ2) is 5.77. The van der Waals surface area contributed by atoms with E-state index in [1.165, 1.54) is 37.3 Å². The second-order valence-electron chi connectivity index (χ2n) is 3.79. The lowest BCUT2D eigenvalue weighted by Crippen LogP contribution is -2.32. The fourth-order valence-corrected chi connectivity index (χ4v) is 2.34. The molecule has 1 amide bonds. The Balaban J connectivity index is 2.77. The summed E-state index contributed by atoms with van der Waals surface area (Å²) in [5.41, 5.74) is 0.729. The molecule has 0 fully saturated rings. The van der Waals surface area contributed by atoms with Gasteiger partial charge in [-0.1, -0.05) is 18.2 Å². The topological polar surface area (TPSA) is 63.2 Å². The average Bonchev–Trinajstić information content (AvgIpc) is 2.30. The van der Waals surface area contributed by atoms with Gasteiger partial charge in [-0.3, -0.25) is 4.79 Å². The van der Waals surface area contributed by atoms with Crippen LogP contribution in [0.1, 0.15) is 19.4 Å². The summed E-state index contributed by atoms with van der Waals surface area (Å²) in [6, 6.07) is 5.07. The number of halogens is 1. The molecule has 0 unspecified atom stereocenters. The second-order valence-corrected chi connectivity index (χ2v) is 5.51. The zero-order valence-corrected chi connectivity index (χ0v) is 10.9. The predicted molar refractivity (Wildman–Crippen MR) is 66.6 cm³/mol. The van der Waals surface area contributed by atoms with Crippen molar-refractivity contribution in [2.75, 3.05) is 0 Å². The first-order valence-electron chi connectivity index (χ1n) is 5.26. The number of hydrogen-bond donors (Lipinski definition) is 1. The van der Waals surface area contributed by atoms with Gasteiger partial charge in [0.05, 0.1) is 5.75 Å². The number of nitrogens with one attached hydrogen (secondary N) is 1. The van der Waals surface area contributed by atoms with Crippen LogP contribution in [0.2, 0.25) is 0 Å². The van der Waals surface area contributed by atoms with Crippen molar-refractivity contribution in [2.24, 2.45) is 0 Å². The number of amides is 1. The number of sulfonamides is 1. The molecule has 4 nitrogen and oxygen atoms in total. The molecule has 0 spiro atoms. The fraction of sp³-hybridized carbons (Fsp3) is 0.250. The van der Waals surface area contributed by atoms with E-state index < -0.39 is 21.7 Å². The highest BCUT2D eigenvalue weighted by Crippen LogP contribution is 2.07. The van der Waals surface area contributed by atoms with Gasteiger partial charge in [0.1, 0.15) is 5.82 Å². The summed E-state index contributed by atoms with van der Waals surface area (Å²) < 4.78 is 37.9. The summed E-state index contributed by atoms with van der Waals surface area (Å²) in [6.45, 7) is 3.16. The van der Waals surface area contributed by atoms with Crippen molar-refractivity contribution in [2.45, 2.75) is 19.6 Å².